The van der Waals surface area contributed by atoms with Crippen molar-refractivity contribution >= 4 is 38.6 Å². The number of H-pyrrole nitrogens is 1. The van der Waals surface area contributed by atoms with Crippen molar-refractivity contribution in [3.05, 3.63) is 51.5 Å². The highest BCUT2D eigenvalue weighted by atomic mass is 79.9. The number of imidazole rings is 1. The second-order valence-corrected chi connectivity index (χ2v) is 5.31. The highest BCUT2D eigenvalue weighted by Crippen LogP contribution is 2.30. The molecule has 1 aromatic heterocycles. The van der Waals surface area contributed by atoms with E-state index in [-0.39, 0.29) is 0 Å². The van der Waals surface area contributed by atoms with Crippen LogP contribution in [0, 0.1) is 11.3 Å². The smallest absolute Gasteiger partial charge is 0.139 e. The zero-order chi connectivity index (χ0) is 13.4. The molecule has 3 nitrogen and oxygen atoms in total. The molecule has 0 aliphatic heterocycles. The summed E-state index contributed by atoms with van der Waals surface area (Å²) in [5, 5.41) is 9.73. The third-order valence-corrected chi connectivity index (χ3v) is 3.71. The number of benzene rings is 2. The van der Waals surface area contributed by atoms with Gasteiger partial charge in [-0.1, -0.05) is 17.7 Å². The fraction of sp³-hybridized carbons (Fsp3) is 0. The maximum atomic E-state index is 9.08. The topological polar surface area (TPSA) is 52.5 Å². The normalized spacial score (nSPS) is 10.6. The van der Waals surface area contributed by atoms with E-state index in [1.54, 1.807) is 12.1 Å². The number of fused-ring (bicyclic) bond motifs is 1. The van der Waals surface area contributed by atoms with Crippen LogP contribution in [0.2, 0.25) is 5.02 Å². The maximum absolute atomic E-state index is 9.08. The van der Waals surface area contributed by atoms with Gasteiger partial charge >= 0.3 is 0 Å². The van der Waals surface area contributed by atoms with Gasteiger partial charge in [-0.2, -0.15) is 5.26 Å². The molecule has 0 fully saturated rings. The molecule has 0 radical (unpaired) electrons. The number of nitrogens with zero attached hydrogens (tertiary/aromatic N) is 2. The largest absolute Gasteiger partial charge is 0.338 e. The van der Waals surface area contributed by atoms with Crippen molar-refractivity contribution in [2.45, 2.75) is 0 Å². The number of para-hydroxylation sites is 1. The van der Waals surface area contributed by atoms with Crippen molar-refractivity contribution in [1.29, 1.82) is 5.26 Å². The first kappa shape index (κ1) is 12.2. The summed E-state index contributed by atoms with van der Waals surface area (Å²) in [6.45, 7) is 0. The summed E-state index contributed by atoms with van der Waals surface area (Å²) >= 11 is 9.39. The number of aromatic nitrogens is 2. The number of hydrogen-bond acceptors (Lipinski definition) is 2. The molecule has 0 aliphatic carbocycles. The van der Waals surface area contributed by atoms with E-state index in [4.69, 9.17) is 16.9 Å². The van der Waals surface area contributed by atoms with Gasteiger partial charge in [-0.05, 0) is 46.3 Å². The molecule has 1 heterocycles. The Morgan fingerprint density at radius 3 is 2.84 bits per heavy atom. The van der Waals surface area contributed by atoms with Gasteiger partial charge in [0.15, 0.2) is 0 Å². The van der Waals surface area contributed by atoms with Crippen molar-refractivity contribution in [2.75, 3.05) is 0 Å². The second kappa shape index (κ2) is 4.69. The van der Waals surface area contributed by atoms with Gasteiger partial charge in [0.05, 0.1) is 11.1 Å². The Bertz CT molecular complexity index is 817. The van der Waals surface area contributed by atoms with E-state index in [1.165, 1.54) is 0 Å². The van der Waals surface area contributed by atoms with Crippen LogP contribution >= 0.6 is 27.5 Å². The summed E-state index contributed by atoms with van der Waals surface area (Å²) in [7, 11) is 0. The highest BCUT2D eigenvalue weighted by Gasteiger charge is 2.11. The Kier molecular flexibility index (Phi) is 3.02. The summed E-state index contributed by atoms with van der Waals surface area (Å²) in [5.74, 6) is 0.709. The summed E-state index contributed by atoms with van der Waals surface area (Å²) in [5.41, 5.74) is 2.99. The molecule has 0 spiro atoms. The second-order valence-electron chi connectivity index (χ2n) is 4.02. The zero-order valence-corrected chi connectivity index (χ0v) is 12.0. The Morgan fingerprint density at radius 1 is 1.26 bits per heavy atom. The fourth-order valence-corrected chi connectivity index (χ4v) is 2.80. The molecule has 0 saturated heterocycles. The lowest BCUT2D eigenvalue weighted by Gasteiger charge is -2.00. The van der Waals surface area contributed by atoms with Crippen LogP contribution in [0.1, 0.15) is 5.56 Å². The van der Waals surface area contributed by atoms with Gasteiger partial charge in [-0.25, -0.2) is 4.98 Å². The van der Waals surface area contributed by atoms with Gasteiger partial charge in [-0.15, -0.1) is 0 Å². The maximum Gasteiger partial charge on any atom is 0.139 e. The third-order valence-electron chi connectivity index (χ3n) is 2.82. The van der Waals surface area contributed by atoms with Crippen molar-refractivity contribution in [3.8, 4) is 17.5 Å². The number of halogens is 2. The van der Waals surface area contributed by atoms with E-state index in [0.29, 0.717) is 21.9 Å². The average molecular weight is 333 g/mol. The summed E-state index contributed by atoms with van der Waals surface area (Å²) in [6.07, 6.45) is 0. The molecule has 2 aromatic carbocycles. The minimum absolute atomic E-state index is 0.560. The quantitative estimate of drug-likeness (QED) is 0.712. The zero-order valence-electron chi connectivity index (χ0n) is 9.61. The summed E-state index contributed by atoms with van der Waals surface area (Å²) < 4.78 is 0.859. The van der Waals surface area contributed by atoms with E-state index in [9.17, 15) is 0 Å². The molecule has 0 unspecified atom stereocenters. The molecule has 0 aliphatic rings. The monoisotopic (exact) mass is 331 g/mol. The predicted octanol–water partition coefficient (Wildman–Crippen LogP) is 4.52. The van der Waals surface area contributed by atoms with Crippen molar-refractivity contribution in [3.63, 3.8) is 0 Å². The van der Waals surface area contributed by atoms with Crippen LogP contribution in [0.4, 0.5) is 0 Å². The molecule has 92 valence electrons. The molecule has 19 heavy (non-hydrogen) atoms. The van der Waals surface area contributed by atoms with Crippen LogP contribution in [0.3, 0.4) is 0 Å². The third kappa shape index (κ3) is 2.12. The van der Waals surface area contributed by atoms with Crippen molar-refractivity contribution < 1.29 is 0 Å². The van der Waals surface area contributed by atoms with Gasteiger partial charge in [0.2, 0.25) is 0 Å². The minimum atomic E-state index is 0.560. The van der Waals surface area contributed by atoms with Crippen LogP contribution in [0.25, 0.3) is 22.4 Å². The Labute approximate surface area is 123 Å². The number of nitrogens with one attached hydrogen (secondary N) is 1. The Hall–Kier alpha value is -1.83. The van der Waals surface area contributed by atoms with Gasteiger partial charge < -0.3 is 4.98 Å². The first-order valence-corrected chi connectivity index (χ1v) is 6.70. The number of hydrogen-bond donors (Lipinski definition) is 1. The van der Waals surface area contributed by atoms with Crippen LogP contribution in [0.5, 0.6) is 0 Å². The molecule has 3 rings (SSSR count). The minimum Gasteiger partial charge on any atom is -0.338 e. The van der Waals surface area contributed by atoms with Gasteiger partial charge in [0.25, 0.3) is 0 Å². The van der Waals surface area contributed by atoms with Crippen molar-refractivity contribution in [2.24, 2.45) is 0 Å². The molecule has 0 bridgehead atoms. The van der Waals surface area contributed by atoms with Gasteiger partial charge in [0.1, 0.15) is 17.4 Å². The van der Waals surface area contributed by atoms with E-state index in [1.807, 2.05) is 24.3 Å². The lowest BCUT2D eigenvalue weighted by atomic mass is 10.2. The Balaban J connectivity index is 2.24. The molecule has 5 heteroatoms. The number of rotatable bonds is 1. The van der Waals surface area contributed by atoms with E-state index in [0.717, 1.165) is 15.6 Å². The lowest BCUT2D eigenvalue weighted by molar-refractivity contribution is 1.33. The molecule has 0 atom stereocenters. The van der Waals surface area contributed by atoms with E-state index < -0.39 is 0 Å². The SMILES string of the molecule is N#Cc1cccc2[nH]c(-c3ccc(Cl)cc3Br)nc12. The van der Waals surface area contributed by atoms with Crippen LogP contribution in [0.15, 0.2) is 40.9 Å². The molecular formula is C14H7BrClN3. The van der Waals surface area contributed by atoms with Crippen LogP contribution < -0.4 is 0 Å². The summed E-state index contributed by atoms with van der Waals surface area (Å²) in [6, 6.07) is 13.1. The predicted molar refractivity (Wildman–Crippen MR) is 79.0 cm³/mol. The molecule has 0 saturated carbocycles. The van der Waals surface area contributed by atoms with E-state index >= 15 is 0 Å². The molecule has 0 amide bonds. The van der Waals surface area contributed by atoms with Gasteiger partial charge in [0, 0.05) is 15.1 Å². The van der Waals surface area contributed by atoms with Gasteiger partial charge in [-0.3, -0.25) is 0 Å². The lowest BCUT2D eigenvalue weighted by Crippen LogP contribution is -1.82. The summed E-state index contributed by atoms with van der Waals surface area (Å²) in [4.78, 5) is 7.70. The van der Waals surface area contributed by atoms with Crippen LogP contribution in [-0.2, 0) is 0 Å². The molecule has 1 N–H and O–H groups in total. The average Bonchev–Trinajstić information content (AvgIpc) is 2.81. The standard InChI is InChI=1S/C14H7BrClN3/c15-11-6-9(16)4-5-10(11)14-18-12-3-1-2-8(7-17)13(12)19-14/h1-6H,(H,18,19). The van der Waals surface area contributed by atoms with Crippen molar-refractivity contribution in [1.82, 2.24) is 9.97 Å². The number of aromatic amines is 1. The number of nitriles is 1. The first-order valence-electron chi connectivity index (χ1n) is 5.53. The first-order chi connectivity index (χ1) is 9.19. The van der Waals surface area contributed by atoms with Crippen LogP contribution in [-0.4, -0.2) is 9.97 Å². The fourth-order valence-electron chi connectivity index (χ4n) is 1.93. The Morgan fingerprint density at radius 2 is 2.11 bits per heavy atom. The van der Waals surface area contributed by atoms with E-state index in [2.05, 4.69) is 32.0 Å². The highest BCUT2D eigenvalue weighted by molar-refractivity contribution is 9.10. The molecular weight excluding hydrogens is 326 g/mol. The molecule has 3 aromatic rings.